The third kappa shape index (κ3) is 4.14. The maximum atomic E-state index is 13.3. The fourth-order valence-electron chi connectivity index (χ4n) is 2.13. The minimum absolute atomic E-state index is 0.148. The molecule has 0 unspecified atom stereocenters. The van der Waals surface area contributed by atoms with Crippen LogP contribution < -0.4 is 10.1 Å². The molecule has 25 heavy (non-hydrogen) atoms. The average Bonchev–Trinajstić information content (AvgIpc) is 2.60. The van der Waals surface area contributed by atoms with Crippen LogP contribution in [0.1, 0.15) is 10.4 Å². The van der Waals surface area contributed by atoms with Crippen LogP contribution in [0.3, 0.4) is 0 Å². The Morgan fingerprint density at radius 1 is 0.880 bits per heavy atom. The Morgan fingerprint density at radius 3 is 2.16 bits per heavy atom. The van der Waals surface area contributed by atoms with Gasteiger partial charge in [-0.25, -0.2) is 8.78 Å². The summed E-state index contributed by atoms with van der Waals surface area (Å²) < 4.78 is 32.0. The van der Waals surface area contributed by atoms with E-state index in [1.165, 1.54) is 0 Å². The van der Waals surface area contributed by atoms with Gasteiger partial charge in [0.1, 0.15) is 11.5 Å². The van der Waals surface area contributed by atoms with Crippen LogP contribution in [-0.4, -0.2) is 5.91 Å². The fraction of sp³-hybridized carbons (Fsp3) is 0. The zero-order valence-electron chi connectivity index (χ0n) is 12.8. The largest absolute Gasteiger partial charge is 0.457 e. The van der Waals surface area contributed by atoms with Crippen molar-refractivity contribution in [2.45, 2.75) is 0 Å². The lowest BCUT2D eigenvalue weighted by atomic mass is 10.2. The highest BCUT2D eigenvalue weighted by atomic mass is 35.5. The lowest BCUT2D eigenvalue weighted by Gasteiger charge is -2.09. The maximum absolute atomic E-state index is 13.3. The average molecular weight is 360 g/mol. The first kappa shape index (κ1) is 16.9. The van der Waals surface area contributed by atoms with Gasteiger partial charge in [-0.05, 0) is 48.5 Å². The third-order valence-corrected chi connectivity index (χ3v) is 3.66. The molecule has 0 saturated heterocycles. The van der Waals surface area contributed by atoms with Crippen molar-refractivity contribution in [2.24, 2.45) is 0 Å². The van der Waals surface area contributed by atoms with E-state index in [1.54, 1.807) is 24.3 Å². The lowest BCUT2D eigenvalue weighted by Crippen LogP contribution is -2.13. The Balaban J connectivity index is 1.71. The monoisotopic (exact) mass is 359 g/mol. The molecule has 3 aromatic carbocycles. The summed E-state index contributed by atoms with van der Waals surface area (Å²) >= 11 is 5.79. The highest BCUT2D eigenvalue weighted by molar-refractivity contribution is 6.34. The number of benzene rings is 3. The van der Waals surface area contributed by atoms with Gasteiger partial charge < -0.3 is 10.1 Å². The number of amides is 1. The predicted molar refractivity (Wildman–Crippen MR) is 92.3 cm³/mol. The molecule has 0 spiro atoms. The zero-order chi connectivity index (χ0) is 17.8. The van der Waals surface area contributed by atoms with Crippen molar-refractivity contribution in [2.75, 3.05) is 5.32 Å². The van der Waals surface area contributed by atoms with Crippen molar-refractivity contribution in [3.63, 3.8) is 0 Å². The lowest BCUT2D eigenvalue weighted by molar-refractivity contribution is 0.102. The SMILES string of the molecule is O=C(Nc1ccc(Oc2ccccc2)cc1)c1cc(F)c(F)cc1Cl. The van der Waals surface area contributed by atoms with Crippen LogP contribution in [0.4, 0.5) is 14.5 Å². The van der Waals surface area contributed by atoms with Crippen LogP contribution >= 0.6 is 11.6 Å². The third-order valence-electron chi connectivity index (χ3n) is 3.35. The topological polar surface area (TPSA) is 38.3 Å². The van der Waals surface area contributed by atoms with E-state index in [0.29, 0.717) is 17.2 Å². The summed E-state index contributed by atoms with van der Waals surface area (Å²) in [5.41, 5.74) is 0.316. The number of anilines is 1. The van der Waals surface area contributed by atoms with Gasteiger partial charge in [-0.1, -0.05) is 29.8 Å². The molecule has 0 aromatic heterocycles. The van der Waals surface area contributed by atoms with E-state index in [9.17, 15) is 13.6 Å². The first-order valence-corrected chi connectivity index (χ1v) is 7.69. The molecule has 1 N–H and O–H groups in total. The van der Waals surface area contributed by atoms with Gasteiger partial charge in [-0.2, -0.15) is 0 Å². The van der Waals surface area contributed by atoms with Gasteiger partial charge in [0.25, 0.3) is 5.91 Å². The van der Waals surface area contributed by atoms with Gasteiger partial charge in [0.05, 0.1) is 10.6 Å². The van der Waals surface area contributed by atoms with Crippen LogP contribution in [0.5, 0.6) is 11.5 Å². The van der Waals surface area contributed by atoms with E-state index in [2.05, 4.69) is 5.32 Å². The number of hydrogen-bond acceptors (Lipinski definition) is 2. The molecule has 0 fully saturated rings. The second-order valence-electron chi connectivity index (χ2n) is 5.14. The zero-order valence-corrected chi connectivity index (χ0v) is 13.6. The molecular formula is C19H12ClF2NO2. The molecule has 126 valence electrons. The fourth-order valence-corrected chi connectivity index (χ4v) is 2.36. The summed E-state index contributed by atoms with van der Waals surface area (Å²) in [6.45, 7) is 0. The number of nitrogens with one attached hydrogen (secondary N) is 1. The molecule has 6 heteroatoms. The quantitative estimate of drug-likeness (QED) is 0.610. The summed E-state index contributed by atoms with van der Waals surface area (Å²) in [7, 11) is 0. The molecule has 0 aliphatic heterocycles. The van der Waals surface area contributed by atoms with Gasteiger partial charge >= 0.3 is 0 Å². The van der Waals surface area contributed by atoms with Crippen molar-refractivity contribution in [1.29, 1.82) is 0 Å². The molecule has 3 nitrogen and oxygen atoms in total. The number of para-hydroxylation sites is 1. The first-order valence-electron chi connectivity index (χ1n) is 7.32. The van der Waals surface area contributed by atoms with E-state index < -0.39 is 17.5 Å². The number of carbonyl (C=O) groups is 1. The van der Waals surface area contributed by atoms with E-state index in [-0.39, 0.29) is 10.6 Å². The first-order chi connectivity index (χ1) is 12.0. The Bertz CT molecular complexity index is 899. The Hall–Kier alpha value is -2.92. The van der Waals surface area contributed by atoms with Gasteiger partial charge in [-0.15, -0.1) is 0 Å². The van der Waals surface area contributed by atoms with Crippen molar-refractivity contribution in [3.05, 3.63) is 89.0 Å². The molecular weight excluding hydrogens is 348 g/mol. The van der Waals surface area contributed by atoms with Crippen molar-refractivity contribution in [3.8, 4) is 11.5 Å². The van der Waals surface area contributed by atoms with E-state index in [0.717, 1.165) is 12.1 Å². The maximum Gasteiger partial charge on any atom is 0.257 e. The predicted octanol–water partition coefficient (Wildman–Crippen LogP) is 5.66. The highest BCUT2D eigenvalue weighted by Crippen LogP contribution is 2.24. The number of hydrogen-bond donors (Lipinski definition) is 1. The summed E-state index contributed by atoms with van der Waals surface area (Å²) in [4.78, 5) is 12.2. The molecule has 0 radical (unpaired) electrons. The smallest absolute Gasteiger partial charge is 0.257 e. The summed E-state index contributed by atoms with van der Waals surface area (Å²) in [6.07, 6.45) is 0. The Kier molecular flexibility index (Phi) is 4.95. The van der Waals surface area contributed by atoms with E-state index in [4.69, 9.17) is 16.3 Å². The van der Waals surface area contributed by atoms with E-state index >= 15 is 0 Å². The summed E-state index contributed by atoms with van der Waals surface area (Å²) in [5.74, 6) is -1.60. The van der Waals surface area contributed by atoms with Gasteiger partial charge in [0.2, 0.25) is 0 Å². The minimum Gasteiger partial charge on any atom is -0.457 e. The van der Waals surface area contributed by atoms with Gasteiger partial charge in [0.15, 0.2) is 11.6 Å². The molecule has 0 saturated carbocycles. The standard InChI is InChI=1S/C19H12ClF2NO2/c20-16-11-18(22)17(21)10-15(16)19(24)23-12-6-8-14(9-7-12)25-13-4-2-1-3-5-13/h1-11H,(H,23,24). The van der Waals surface area contributed by atoms with Crippen LogP contribution in [0, 0.1) is 11.6 Å². The van der Waals surface area contributed by atoms with Crippen LogP contribution in [0.15, 0.2) is 66.7 Å². The Labute approximate surface area is 147 Å². The van der Waals surface area contributed by atoms with E-state index in [1.807, 2.05) is 30.3 Å². The number of ether oxygens (including phenoxy) is 1. The molecule has 0 aliphatic rings. The number of halogens is 3. The molecule has 0 atom stereocenters. The van der Waals surface area contributed by atoms with Gasteiger partial charge in [-0.3, -0.25) is 4.79 Å². The summed E-state index contributed by atoms with van der Waals surface area (Å²) in [6, 6.07) is 17.4. The molecule has 1 amide bonds. The van der Waals surface area contributed by atoms with Gasteiger partial charge in [0, 0.05) is 5.69 Å². The molecule has 3 rings (SSSR count). The molecule has 3 aromatic rings. The van der Waals surface area contributed by atoms with Crippen molar-refractivity contribution >= 4 is 23.2 Å². The number of rotatable bonds is 4. The van der Waals surface area contributed by atoms with Crippen LogP contribution in [-0.2, 0) is 0 Å². The molecule has 0 heterocycles. The second-order valence-corrected chi connectivity index (χ2v) is 5.55. The second kappa shape index (κ2) is 7.32. The normalized spacial score (nSPS) is 10.4. The summed E-state index contributed by atoms with van der Waals surface area (Å²) in [5, 5.41) is 2.40. The minimum atomic E-state index is -1.14. The molecule has 0 aliphatic carbocycles. The van der Waals surface area contributed by atoms with Crippen molar-refractivity contribution < 1.29 is 18.3 Å². The van der Waals surface area contributed by atoms with Crippen molar-refractivity contribution in [1.82, 2.24) is 0 Å². The van der Waals surface area contributed by atoms with Crippen LogP contribution in [0.25, 0.3) is 0 Å². The Morgan fingerprint density at radius 2 is 1.48 bits per heavy atom. The number of carbonyl (C=O) groups excluding carboxylic acids is 1. The van der Waals surface area contributed by atoms with Crippen LogP contribution in [0.2, 0.25) is 5.02 Å². The highest BCUT2D eigenvalue weighted by Gasteiger charge is 2.15. The molecule has 0 bridgehead atoms.